The van der Waals surface area contributed by atoms with Crippen LogP contribution in [0.4, 0.5) is 11.6 Å². The van der Waals surface area contributed by atoms with Crippen LogP contribution < -0.4 is 15.4 Å². The third-order valence-corrected chi connectivity index (χ3v) is 3.99. The number of nitriles is 1. The Morgan fingerprint density at radius 2 is 2.15 bits per heavy atom. The van der Waals surface area contributed by atoms with Gasteiger partial charge in [0.05, 0.1) is 18.0 Å². The molecule has 26 heavy (non-hydrogen) atoms. The summed E-state index contributed by atoms with van der Waals surface area (Å²) < 4.78 is 11.6. The molecule has 0 spiro atoms. The van der Waals surface area contributed by atoms with Gasteiger partial charge in [-0.3, -0.25) is 0 Å². The molecular formula is C18H16N6O2. The monoisotopic (exact) mass is 348 g/mol. The average Bonchev–Trinajstić information content (AvgIpc) is 3.35. The van der Waals surface area contributed by atoms with E-state index in [0.717, 1.165) is 30.8 Å². The van der Waals surface area contributed by atoms with Crippen LogP contribution in [0, 0.1) is 11.3 Å². The van der Waals surface area contributed by atoms with Gasteiger partial charge in [-0.2, -0.15) is 5.26 Å². The quantitative estimate of drug-likeness (QED) is 0.724. The van der Waals surface area contributed by atoms with Crippen molar-refractivity contribution in [1.29, 1.82) is 5.26 Å². The van der Waals surface area contributed by atoms with Crippen LogP contribution in [0.15, 0.2) is 47.2 Å². The summed E-state index contributed by atoms with van der Waals surface area (Å²) in [6, 6.07) is 11.4. The molecule has 4 rings (SSSR count). The fourth-order valence-electron chi connectivity index (χ4n) is 2.72. The first-order valence-corrected chi connectivity index (χ1v) is 8.24. The summed E-state index contributed by atoms with van der Waals surface area (Å²) >= 11 is 0. The van der Waals surface area contributed by atoms with Crippen molar-refractivity contribution < 1.29 is 9.26 Å². The number of para-hydroxylation sites is 1. The number of hydrogen-bond acceptors (Lipinski definition) is 8. The molecule has 130 valence electrons. The van der Waals surface area contributed by atoms with Crippen LogP contribution in [-0.2, 0) is 0 Å². The molecule has 8 nitrogen and oxygen atoms in total. The van der Waals surface area contributed by atoms with Crippen LogP contribution in [0.3, 0.4) is 0 Å². The van der Waals surface area contributed by atoms with Crippen molar-refractivity contribution in [1.82, 2.24) is 20.4 Å². The highest BCUT2D eigenvalue weighted by atomic mass is 16.5. The molecule has 0 amide bonds. The van der Waals surface area contributed by atoms with Crippen molar-refractivity contribution in [3.63, 3.8) is 0 Å². The molecule has 0 radical (unpaired) electrons. The standard InChI is InChI=1S/C18H16N6O2/c19-8-12-9-22-18(11-21-12)23-17-7-16(26-24-17)14-3-1-2-4-15(14)25-13-5-6-20-10-13/h1-4,7,9,11,13,20H,5-6,10H2,(H,22,23,24). The largest absolute Gasteiger partial charge is 0.488 e. The van der Waals surface area contributed by atoms with E-state index in [-0.39, 0.29) is 11.8 Å². The predicted octanol–water partition coefficient (Wildman–Crippen LogP) is 2.49. The number of nitrogens with one attached hydrogen (secondary N) is 2. The highest BCUT2D eigenvalue weighted by Gasteiger charge is 2.19. The Morgan fingerprint density at radius 3 is 2.92 bits per heavy atom. The van der Waals surface area contributed by atoms with Crippen LogP contribution in [0.2, 0.25) is 0 Å². The molecule has 2 N–H and O–H groups in total. The van der Waals surface area contributed by atoms with Crippen molar-refractivity contribution in [3.05, 3.63) is 48.4 Å². The van der Waals surface area contributed by atoms with Crippen molar-refractivity contribution in [2.24, 2.45) is 0 Å². The maximum atomic E-state index is 8.76. The van der Waals surface area contributed by atoms with Crippen LogP contribution in [-0.4, -0.2) is 34.3 Å². The lowest BCUT2D eigenvalue weighted by Gasteiger charge is -2.14. The fourth-order valence-corrected chi connectivity index (χ4v) is 2.72. The van der Waals surface area contributed by atoms with Gasteiger partial charge in [-0.25, -0.2) is 9.97 Å². The highest BCUT2D eigenvalue weighted by Crippen LogP contribution is 2.32. The first kappa shape index (κ1) is 16.1. The molecule has 0 saturated carbocycles. The van der Waals surface area contributed by atoms with E-state index in [9.17, 15) is 0 Å². The number of aromatic nitrogens is 3. The molecule has 1 atom stereocenters. The van der Waals surface area contributed by atoms with Crippen LogP contribution in [0.5, 0.6) is 5.75 Å². The maximum absolute atomic E-state index is 8.76. The Balaban J connectivity index is 1.53. The SMILES string of the molecule is N#Cc1cnc(Nc2cc(-c3ccccc3OC3CCNC3)on2)cn1. The number of hydrogen-bond donors (Lipinski definition) is 2. The Hall–Kier alpha value is -3.44. The van der Waals surface area contributed by atoms with Crippen LogP contribution in [0.1, 0.15) is 12.1 Å². The minimum Gasteiger partial charge on any atom is -0.488 e. The summed E-state index contributed by atoms with van der Waals surface area (Å²) in [4.78, 5) is 8.06. The molecule has 1 aromatic carbocycles. The summed E-state index contributed by atoms with van der Waals surface area (Å²) in [6.07, 6.45) is 4.00. The minimum atomic E-state index is 0.158. The molecule has 3 aromatic rings. The molecule has 1 aliphatic heterocycles. The average molecular weight is 348 g/mol. The molecule has 2 aromatic heterocycles. The number of benzene rings is 1. The molecule has 1 saturated heterocycles. The van der Waals surface area contributed by atoms with E-state index in [1.807, 2.05) is 30.3 Å². The van der Waals surface area contributed by atoms with Gasteiger partial charge in [0.1, 0.15) is 23.7 Å². The molecule has 0 bridgehead atoms. The van der Waals surface area contributed by atoms with Crippen LogP contribution >= 0.6 is 0 Å². The predicted molar refractivity (Wildman–Crippen MR) is 93.9 cm³/mol. The van der Waals surface area contributed by atoms with Crippen LogP contribution in [0.25, 0.3) is 11.3 Å². The van der Waals surface area contributed by atoms with Gasteiger partial charge in [-0.05, 0) is 25.1 Å². The summed E-state index contributed by atoms with van der Waals surface area (Å²) in [5.74, 6) is 2.33. The third kappa shape index (κ3) is 3.48. The van der Waals surface area contributed by atoms with Gasteiger partial charge >= 0.3 is 0 Å². The Morgan fingerprint density at radius 1 is 1.23 bits per heavy atom. The number of rotatable bonds is 5. The van der Waals surface area contributed by atoms with Crippen molar-refractivity contribution in [2.45, 2.75) is 12.5 Å². The molecule has 3 heterocycles. The van der Waals surface area contributed by atoms with Gasteiger partial charge in [-0.1, -0.05) is 17.3 Å². The zero-order chi connectivity index (χ0) is 17.8. The molecule has 0 aliphatic carbocycles. The first-order valence-electron chi connectivity index (χ1n) is 8.24. The van der Waals surface area contributed by atoms with Gasteiger partial charge < -0.3 is 19.9 Å². The van der Waals surface area contributed by atoms with Gasteiger partial charge in [-0.15, -0.1) is 0 Å². The Kier molecular flexibility index (Phi) is 4.45. The summed E-state index contributed by atoms with van der Waals surface area (Å²) in [5.41, 5.74) is 1.09. The van der Waals surface area contributed by atoms with E-state index < -0.39 is 0 Å². The Bertz CT molecular complexity index is 925. The number of nitrogens with zero attached hydrogens (tertiary/aromatic N) is 4. The zero-order valence-corrected chi connectivity index (χ0v) is 13.8. The highest BCUT2D eigenvalue weighted by molar-refractivity contribution is 5.68. The summed E-state index contributed by atoms with van der Waals surface area (Å²) in [6.45, 7) is 1.81. The lowest BCUT2D eigenvalue weighted by atomic mass is 10.1. The molecule has 8 heteroatoms. The fraction of sp³-hybridized carbons (Fsp3) is 0.222. The van der Waals surface area contributed by atoms with Gasteiger partial charge in [0.15, 0.2) is 17.3 Å². The number of anilines is 2. The molecule has 1 unspecified atom stereocenters. The second kappa shape index (κ2) is 7.21. The van der Waals surface area contributed by atoms with E-state index in [1.165, 1.54) is 12.4 Å². The van der Waals surface area contributed by atoms with Crippen molar-refractivity contribution >= 4 is 11.6 Å². The van der Waals surface area contributed by atoms with Gasteiger partial charge in [0, 0.05) is 12.6 Å². The summed E-state index contributed by atoms with van der Waals surface area (Å²) in [5, 5.41) is 19.1. The smallest absolute Gasteiger partial charge is 0.175 e. The number of ether oxygens (including phenoxy) is 1. The first-order chi connectivity index (χ1) is 12.8. The van der Waals surface area contributed by atoms with Crippen molar-refractivity contribution in [2.75, 3.05) is 18.4 Å². The van der Waals surface area contributed by atoms with E-state index >= 15 is 0 Å². The maximum Gasteiger partial charge on any atom is 0.175 e. The molecular weight excluding hydrogens is 332 g/mol. The second-order valence-corrected chi connectivity index (χ2v) is 5.83. The second-order valence-electron chi connectivity index (χ2n) is 5.83. The normalized spacial score (nSPS) is 16.2. The lowest BCUT2D eigenvalue weighted by Crippen LogP contribution is -2.19. The molecule has 1 fully saturated rings. The Labute approximate surface area is 149 Å². The van der Waals surface area contributed by atoms with Gasteiger partial charge in [0.25, 0.3) is 0 Å². The van der Waals surface area contributed by atoms with E-state index in [1.54, 1.807) is 6.07 Å². The van der Waals surface area contributed by atoms with E-state index in [2.05, 4.69) is 25.8 Å². The van der Waals surface area contributed by atoms with E-state index in [0.29, 0.717) is 17.4 Å². The van der Waals surface area contributed by atoms with Gasteiger partial charge in [0.2, 0.25) is 0 Å². The minimum absolute atomic E-state index is 0.158. The van der Waals surface area contributed by atoms with Crippen molar-refractivity contribution in [3.8, 4) is 23.1 Å². The lowest BCUT2D eigenvalue weighted by molar-refractivity contribution is 0.223. The molecule has 1 aliphatic rings. The third-order valence-electron chi connectivity index (χ3n) is 3.99. The summed E-state index contributed by atoms with van der Waals surface area (Å²) in [7, 11) is 0. The topological polar surface area (TPSA) is 109 Å². The zero-order valence-electron chi connectivity index (χ0n) is 13.8. The van der Waals surface area contributed by atoms with E-state index in [4.69, 9.17) is 14.5 Å².